The van der Waals surface area contributed by atoms with E-state index in [1.807, 2.05) is 6.92 Å². The molecule has 156 valence electrons. The van der Waals surface area contributed by atoms with E-state index in [4.69, 9.17) is 24.5 Å². The number of ether oxygens (including phenoxy) is 3. The first kappa shape index (κ1) is 25.7. The zero-order valence-corrected chi connectivity index (χ0v) is 24.0. The summed E-state index contributed by atoms with van der Waals surface area (Å²) >= 11 is 0. The fraction of sp³-hybridized carbons (Fsp3) is 0.625. The molecule has 3 rings (SSSR count). The van der Waals surface area contributed by atoms with Gasteiger partial charge in [0.1, 0.15) is 24.5 Å². The molecule has 1 saturated heterocycles. The first-order valence-corrected chi connectivity index (χ1v) is 10.7. The van der Waals surface area contributed by atoms with Crippen molar-refractivity contribution in [2.24, 2.45) is 5.92 Å². The minimum absolute atomic E-state index is 0. The van der Waals surface area contributed by atoms with Crippen LogP contribution in [0.3, 0.4) is 0 Å². The SMILES string of the molecule is C[C@H](Cn1cnc2c(N)ncnc21)OCP(=O)(O)OCCOC1C[C@@H](C)[CH-]O1.[Cs+]. The molecule has 2 aromatic heterocycles. The molecule has 0 spiro atoms. The zero-order valence-electron chi connectivity index (χ0n) is 16.8. The number of anilines is 1. The number of aromatic nitrogens is 4. The van der Waals surface area contributed by atoms with Crippen molar-refractivity contribution in [1.29, 1.82) is 0 Å². The molecule has 13 heteroatoms. The average Bonchev–Trinajstić information content (AvgIpc) is 3.25. The smallest absolute Gasteiger partial charge is 0.529 e. The molecule has 11 nitrogen and oxygen atoms in total. The van der Waals surface area contributed by atoms with Crippen LogP contribution in [0, 0.1) is 12.5 Å². The van der Waals surface area contributed by atoms with E-state index in [-0.39, 0.29) is 94.5 Å². The number of rotatable bonds is 10. The van der Waals surface area contributed by atoms with Gasteiger partial charge in [-0.25, -0.2) is 21.6 Å². The Balaban J connectivity index is 0.00000300. The molecule has 4 atom stereocenters. The van der Waals surface area contributed by atoms with Crippen LogP contribution in [-0.2, 0) is 29.8 Å². The second kappa shape index (κ2) is 11.9. The van der Waals surface area contributed by atoms with E-state index in [1.54, 1.807) is 24.4 Å². The summed E-state index contributed by atoms with van der Waals surface area (Å²) in [6, 6.07) is 0. The zero-order chi connectivity index (χ0) is 20.1. The first-order chi connectivity index (χ1) is 13.3. The van der Waals surface area contributed by atoms with Gasteiger partial charge >= 0.3 is 76.5 Å². The van der Waals surface area contributed by atoms with E-state index in [0.717, 1.165) is 6.42 Å². The molecule has 2 aromatic rings. The Hall–Kier alpha value is 0.432. The summed E-state index contributed by atoms with van der Waals surface area (Å²) in [4.78, 5) is 22.1. The van der Waals surface area contributed by atoms with E-state index in [9.17, 15) is 9.46 Å². The molecule has 0 saturated carbocycles. The van der Waals surface area contributed by atoms with Gasteiger partial charge in [-0.3, -0.25) is 4.57 Å². The van der Waals surface area contributed by atoms with E-state index in [2.05, 4.69) is 15.0 Å². The summed E-state index contributed by atoms with van der Waals surface area (Å²) in [5.41, 5.74) is 6.83. The third-order valence-corrected chi connectivity index (χ3v) is 5.17. The molecule has 2 unspecified atom stereocenters. The molecule has 3 N–H and O–H groups in total. The van der Waals surface area contributed by atoms with E-state index >= 15 is 0 Å². The van der Waals surface area contributed by atoms with Gasteiger partial charge in [-0.15, -0.1) is 5.92 Å². The van der Waals surface area contributed by atoms with Crippen LogP contribution in [0.1, 0.15) is 20.3 Å². The Morgan fingerprint density at radius 2 is 2.24 bits per heavy atom. The van der Waals surface area contributed by atoms with Crippen LogP contribution in [0.25, 0.3) is 11.2 Å². The number of nitrogens with two attached hydrogens (primary N) is 1. The van der Waals surface area contributed by atoms with Crippen LogP contribution >= 0.6 is 7.60 Å². The minimum Gasteiger partial charge on any atom is -0.529 e. The normalized spacial score (nSPS) is 22.3. The van der Waals surface area contributed by atoms with Crippen molar-refractivity contribution in [2.75, 3.05) is 25.3 Å². The van der Waals surface area contributed by atoms with Gasteiger partial charge in [0, 0.05) is 0 Å². The maximum atomic E-state index is 12.1. The molecular formula is C16H25CsN5O6P. The Kier molecular flexibility index (Phi) is 10.5. The van der Waals surface area contributed by atoms with Gasteiger partial charge in [-0.05, 0) is 13.3 Å². The molecule has 0 amide bonds. The third kappa shape index (κ3) is 7.81. The number of imidazole rings is 1. The van der Waals surface area contributed by atoms with Gasteiger partial charge in [0.05, 0.1) is 32.2 Å². The molecule has 0 radical (unpaired) electrons. The minimum atomic E-state index is -3.89. The quantitative estimate of drug-likeness (QED) is 0.206. The Labute approximate surface area is 228 Å². The van der Waals surface area contributed by atoms with Crippen LogP contribution < -0.4 is 74.6 Å². The van der Waals surface area contributed by atoms with Gasteiger partial charge in [0.15, 0.2) is 11.5 Å². The number of fused-ring (bicyclic) bond motifs is 1. The van der Waals surface area contributed by atoms with Crippen molar-refractivity contribution in [3.05, 3.63) is 19.3 Å². The second-order valence-electron chi connectivity index (χ2n) is 6.69. The van der Waals surface area contributed by atoms with Gasteiger partial charge < -0.3 is 33.9 Å². The fourth-order valence-electron chi connectivity index (χ4n) is 2.72. The summed E-state index contributed by atoms with van der Waals surface area (Å²) in [6.45, 7) is 6.03. The summed E-state index contributed by atoms with van der Waals surface area (Å²) in [7, 11) is -3.89. The number of nitrogen functional groups attached to an aromatic ring is 1. The van der Waals surface area contributed by atoms with Crippen LogP contribution in [0.4, 0.5) is 5.82 Å². The van der Waals surface area contributed by atoms with Crippen LogP contribution in [0.2, 0.25) is 0 Å². The molecule has 0 aromatic carbocycles. The predicted molar refractivity (Wildman–Crippen MR) is 99.8 cm³/mol. The van der Waals surface area contributed by atoms with Crippen molar-refractivity contribution in [2.45, 2.75) is 39.2 Å². The van der Waals surface area contributed by atoms with Gasteiger partial charge in [0.2, 0.25) is 0 Å². The first-order valence-electron chi connectivity index (χ1n) is 8.94. The van der Waals surface area contributed by atoms with Gasteiger partial charge in [0.25, 0.3) is 0 Å². The summed E-state index contributed by atoms with van der Waals surface area (Å²) in [5, 5.41) is 0. The molecule has 1 aliphatic heterocycles. The van der Waals surface area contributed by atoms with Gasteiger partial charge in [-0.2, -0.15) is 0 Å². The van der Waals surface area contributed by atoms with Crippen molar-refractivity contribution in [1.82, 2.24) is 19.5 Å². The van der Waals surface area contributed by atoms with Crippen molar-refractivity contribution < 1.29 is 97.1 Å². The topological polar surface area (TPSA) is 144 Å². The molecule has 1 fully saturated rings. The monoisotopic (exact) mass is 547 g/mol. The number of hydrogen-bond donors (Lipinski definition) is 2. The van der Waals surface area contributed by atoms with Crippen molar-refractivity contribution in [3.63, 3.8) is 0 Å². The van der Waals surface area contributed by atoms with Gasteiger partial charge in [-0.1, -0.05) is 6.92 Å². The van der Waals surface area contributed by atoms with E-state index < -0.39 is 13.9 Å². The van der Waals surface area contributed by atoms with Crippen molar-refractivity contribution >= 4 is 24.6 Å². The number of nitrogens with zero attached hydrogens (tertiary/aromatic N) is 4. The van der Waals surface area contributed by atoms with Crippen LogP contribution in [0.15, 0.2) is 12.7 Å². The molecule has 29 heavy (non-hydrogen) atoms. The fourth-order valence-corrected chi connectivity index (χ4v) is 3.60. The van der Waals surface area contributed by atoms with Crippen molar-refractivity contribution in [3.8, 4) is 0 Å². The third-order valence-electron chi connectivity index (χ3n) is 4.11. The predicted octanol–water partition coefficient (Wildman–Crippen LogP) is -1.46. The standard InChI is InChI=1S/C16H25N5O6P.Cs/c1-11-5-13(25-7-11)24-3-4-27-28(22,23)10-26-12(2)6-21-9-20-14-15(17)18-8-19-16(14)21;/h7-9,11-13H,3-6,10H2,1-2H3,(H,22,23)(H2,17,18,19);/q-1;+1/t11-,12-,13?;/m1./s1. The molecule has 0 aliphatic carbocycles. The Morgan fingerprint density at radius 3 is 2.97 bits per heavy atom. The molecule has 0 bridgehead atoms. The maximum absolute atomic E-state index is 12.1. The molecule has 3 heterocycles. The van der Waals surface area contributed by atoms with E-state index in [0.29, 0.717) is 29.4 Å². The summed E-state index contributed by atoms with van der Waals surface area (Å²) in [6.07, 6.45) is 2.56. The molecular weight excluding hydrogens is 522 g/mol. The second-order valence-corrected chi connectivity index (χ2v) is 8.48. The van der Waals surface area contributed by atoms with Crippen LogP contribution in [-0.4, -0.2) is 56.4 Å². The van der Waals surface area contributed by atoms with Crippen LogP contribution in [0.5, 0.6) is 0 Å². The maximum Gasteiger partial charge on any atom is 1.00 e. The van der Waals surface area contributed by atoms with E-state index in [1.165, 1.54) is 6.33 Å². The summed E-state index contributed by atoms with van der Waals surface area (Å²) in [5.74, 6) is 0.628. The largest absolute Gasteiger partial charge is 1.00 e. The Bertz CT molecular complexity index is 839. The molecule has 1 aliphatic rings. The Morgan fingerprint density at radius 1 is 1.45 bits per heavy atom. The number of hydrogen-bond acceptors (Lipinski definition) is 9. The average molecular weight is 547 g/mol. The summed E-state index contributed by atoms with van der Waals surface area (Å²) < 4.78 is 35.0.